The largest absolute Gasteiger partial charge is 0.496 e. The van der Waals surface area contributed by atoms with Crippen molar-refractivity contribution < 1.29 is 19.4 Å². The van der Waals surface area contributed by atoms with Crippen LogP contribution in [0.3, 0.4) is 0 Å². The molecule has 7 heteroatoms. The molecular weight excluding hydrogens is 394 g/mol. The Morgan fingerprint density at radius 1 is 1.21 bits per heavy atom. The highest BCUT2D eigenvalue weighted by atomic mass is 32.2. The minimum Gasteiger partial charge on any atom is -0.496 e. The lowest BCUT2D eigenvalue weighted by molar-refractivity contribution is -0.137. The minimum atomic E-state index is -0.879. The van der Waals surface area contributed by atoms with Crippen LogP contribution in [0.4, 0.5) is 0 Å². The SMILES string of the molecule is COc1ccccc1-c1ccc(/C=C2\SC(=S)N(CCCC(=O)O)C2=O)cc1. The van der Waals surface area contributed by atoms with Crippen molar-refractivity contribution in [1.82, 2.24) is 4.90 Å². The molecule has 0 spiro atoms. The number of carbonyl (C=O) groups excluding carboxylic acids is 1. The van der Waals surface area contributed by atoms with E-state index < -0.39 is 5.97 Å². The third-order valence-corrected chi connectivity index (χ3v) is 5.65. The maximum absolute atomic E-state index is 12.6. The molecule has 1 aliphatic rings. The number of rotatable bonds is 7. The van der Waals surface area contributed by atoms with Crippen LogP contribution in [0.5, 0.6) is 5.75 Å². The van der Waals surface area contributed by atoms with Crippen LogP contribution in [0.2, 0.25) is 0 Å². The molecular formula is C21H19NO4S2. The van der Waals surface area contributed by atoms with Gasteiger partial charge in [-0.1, -0.05) is 66.4 Å². The van der Waals surface area contributed by atoms with Crippen molar-refractivity contribution in [3.63, 3.8) is 0 Å². The Labute approximate surface area is 173 Å². The zero-order valence-corrected chi connectivity index (χ0v) is 16.9. The molecule has 0 bridgehead atoms. The second kappa shape index (κ2) is 9.03. The van der Waals surface area contributed by atoms with Gasteiger partial charge in [0.2, 0.25) is 0 Å². The third-order valence-electron chi connectivity index (χ3n) is 4.27. The number of carboxylic acids is 1. The van der Waals surface area contributed by atoms with Crippen molar-refractivity contribution in [3.05, 3.63) is 59.0 Å². The Hall–Kier alpha value is -2.64. The zero-order valence-electron chi connectivity index (χ0n) is 15.3. The normalized spacial score (nSPS) is 15.3. The highest BCUT2D eigenvalue weighted by molar-refractivity contribution is 8.26. The van der Waals surface area contributed by atoms with E-state index in [1.807, 2.05) is 54.6 Å². The molecule has 5 nitrogen and oxygen atoms in total. The van der Waals surface area contributed by atoms with Crippen LogP contribution < -0.4 is 4.74 Å². The number of aliphatic carboxylic acids is 1. The van der Waals surface area contributed by atoms with E-state index in [1.165, 1.54) is 16.7 Å². The van der Waals surface area contributed by atoms with E-state index >= 15 is 0 Å². The predicted molar refractivity (Wildman–Crippen MR) is 115 cm³/mol. The van der Waals surface area contributed by atoms with Crippen LogP contribution in [0.15, 0.2) is 53.4 Å². The fraction of sp³-hybridized carbons (Fsp3) is 0.190. The Balaban J connectivity index is 1.74. The number of thioether (sulfide) groups is 1. The Morgan fingerprint density at radius 2 is 1.93 bits per heavy atom. The van der Waals surface area contributed by atoms with Crippen LogP contribution in [0.25, 0.3) is 17.2 Å². The summed E-state index contributed by atoms with van der Waals surface area (Å²) < 4.78 is 5.87. The van der Waals surface area contributed by atoms with Gasteiger partial charge >= 0.3 is 5.97 Å². The van der Waals surface area contributed by atoms with Gasteiger partial charge in [-0.2, -0.15) is 0 Å². The summed E-state index contributed by atoms with van der Waals surface area (Å²) in [7, 11) is 1.64. The topological polar surface area (TPSA) is 66.8 Å². The first kappa shape index (κ1) is 20.1. The quantitative estimate of drug-likeness (QED) is 0.535. The minimum absolute atomic E-state index is 0.0144. The standard InChI is InChI=1S/C21H19NO4S2/c1-26-17-6-3-2-5-16(17)15-10-8-14(9-11-15)13-18-20(25)22(21(27)28-18)12-4-7-19(23)24/h2-3,5-6,8-11,13H,4,7,12H2,1H3,(H,23,24)/b18-13-. The summed E-state index contributed by atoms with van der Waals surface area (Å²) in [6.07, 6.45) is 2.20. The van der Waals surface area contributed by atoms with E-state index in [0.717, 1.165) is 22.4 Å². The number of ether oxygens (including phenoxy) is 1. The summed E-state index contributed by atoms with van der Waals surface area (Å²) in [5, 5.41) is 8.74. The highest BCUT2D eigenvalue weighted by Crippen LogP contribution is 2.34. The van der Waals surface area contributed by atoms with Crippen molar-refractivity contribution in [2.45, 2.75) is 12.8 Å². The van der Waals surface area contributed by atoms with Crippen LogP contribution in [0.1, 0.15) is 18.4 Å². The van der Waals surface area contributed by atoms with E-state index in [2.05, 4.69) is 0 Å². The molecule has 1 fully saturated rings. The van der Waals surface area contributed by atoms with Gasteiger partial charge in [0.1, 0.15) is 10.1 Å². The highest BCUT2D eigenvalue weighted by Gasteiger charge is 2.31. The number of hydrogen-bond donors (Lipinski definition) is 1. The number of carbonyl (C=O) groups is 2. The maximum Gasteiger partial charge on any atom is 0.303 e. The van der Waals surface area contributed by atoms with E-state index in [0.29, 0.717) is 22.2 Å². The van der Waals surface area contributed by atoms with Gasteiger partial charge in [-0.3, -0.25) is 14.5 Å². The predicted octanol–water partition coefficient (Wildman–Crippen LogP) is 4.43. The molecule has 0 unspecified atom stereocenters. The van der Waals surface area contributed by atoms with Crippen molar-refractivity contribution in [2.75, 3.05) is 13.7 Å². The van der Waals surface area contributed by atoms with Crippen LogP contribution >= 0.6 is 24.0 Å². The number of amides is 1. The van der Waals surface area contributed by atoms with Crippen molar-refractivity contribution >= 4 is 46.3 Å². The smallest absolute Gasteiger partial charge is 0.303 e. The first-order valence-corrected chi connectivity index (χ1v) is 9.92. The fourth-order valence-electron chi connectivity index (χ4n) is 2.87. The van der Waals surface area contributed by atoms with Gasteiger partial charge in [-0.25, -0.2) is 0 Å². The van der Waals surface area contributed by atoms with Gasteiger partial charge in [-0.15, -0.1) is 0 Å². The van der Waals surface area contributed by atoms with E-state index in [1.54, 1.807) is 7.11 Å². The zero-order chi connectivity index (χ0) is 20.1. The molecule has 1 saturated heterocycles. The number of nitrogens with zero attached hydrogens (tertiary/aromatic N) is 1. The lowest BCUT2D eigenvalue weighted by Gasteiger charge is -2.13. The Kier molecular flexibility index (Phi) is 6.49. The summed E-state index contributed by atoms with van der Waals surface area (Å²) in [6, 6.07) is 15.7. The van der Waals surface area contributed by atoms with Crippen LogP contribution in [-0.4, -0.2) is 39.9 Å². The lowest BCUT2D eigenvalue weighted by atomic mass is 10.0. The number of thiocarbonyl (C=S) groups is 1. The molecule has 0 aliphatic carbocycles. The van der Waals surface area contributed by atoms with Crippen molar-refractivity contribution in [1.29, 1.82) is 0 Å². The van der Waals surface area contributed by atoms with Crippen molar-refractivity contribution in [3.8, 4) is 16.9 Å². The summed E-state index contributed by atoms with van der Waals surface area (Å²) >= 11 is 6.51. The number of methoxy groups -OCH3 is 1. The molecule has 1 aliphatic heterocycles. The number of para-hydroxylation sites is 1. The molecule has 2 aromatic rings. The monoisotopic (exact) mass is 413 g/mol. The van der Waals surface area contributed by atoms with Gasteiger partial charge in [0.05, 0.1) is 12.0 Å². The second-order valence-corrected chi connectivity index (χ2v) is 7.83. The third kappa shape index (κ3) is 4.61. The Morgan fingerprint density at radius 3 is 2.61 bits per heavy atom. The van der Waals surface area contributed by atoms with Crippen LogP contribution in [0, 0.1) is 0 Å². The van der Waals surface area contributed by atoms with Crippen molar-refractivity contribution in [2.24, 2.45) is 0 Å². The fourth-order valence-corrected chi connectivity index (χ4v) is 4.18. The molecule has 1 N–H and O–H groups in total. The van der Waals surface area contributed by atoms with E-state index in [9.17, 15) is 9.59 Å². The Bertz CT molecular complexity index is 938. The summed E-state index contributed by atoms with van der Waals surface area (Å²) in [5.74, 6) is -0.247. The van der Waals surface area contributed by atoms with Gasteiger partial charge in [0.15, 0.2) is 0 Å². The molecule has 1 heterocycles. The van der Waals surface area contributed by atoms with E-state index in [-0.39, 0.29) is 12.3 Å². The number of carboxylic acid groups (broad SMARTS) is 1. The summed E-state index contributed by atoms with van der Waals surface area (Å²) in [5.41, 5.74) is 2.92. The number of hydrogen-bond acceptors (Lipinski definition) is 5. The molecule has 0 radical (unpaired) electrons. The molecule has 0 saturated carbocycles. The molecule has 2 aromatic carbocycles. The van der Waals surface area contributed by atoms with Gasteiger partial charge < -0.3 is 9.84 Å². The van der Waals surface area contributed by atoms with Gasteiger partial charge in [0, 0.05) is 18.5 Å². The summed E-state index contributed by atoms with van der Waals surface area (Å²) in [6.45, 7) is 0.320. The average Bonchev–Trinajstić information content (AvgIpc) is 2.95. The molecule has 0 aromatic heterocycles. The molecule has 1 amide bonds. The van der Waals surface area contributed by atoms with Gasteiger partial charge in [0.25, 0.3) is 5.91 Å². The molecule has 144 valence electrons. The first-order chi connectivity index (χ1) is 13.5. The maximum atomic E-state index is 12.6. The molecule has 3 rings (SSSR count). The second-order valence-electron chi connectivity index (χ2n) is 6.15. The first-order valence-electron chi connectivity index (χ1n) is 8.70. The summed E-state index contributed by atoms with van der Waals surface area (Å²) in [4.78, 5) is 25.2. The molecule has 28 heavy (non-hydrogen) atoms. The average molecular weight is 414 g/mol. The van der Waals surface area contributed by atoms with Crippen LogP contribution in [-0.2, 0) is 9.59 Å². The van der Waals surface area contributed by atoms with Gasteiger partial charge in [-0.05, 0) is 29.7 Å². The lowest BCUT2D eigenvalue weighted by Crippen LogP contribution is -2.29. The molecule has 0 atom stereocenters. The number of benzene rings is 2. The van der Waals surface area contributed by atoms with E-state index in [4.69, 9.17) is 22.1 Å².